The van der Waals surface area contributed by atoms with Crippen molar-refractivity contribution >= 4 is 5.91 Å². The van der Waals surface area contributed by atoms with Gasteiger partial charge in [0.05, 0.1) is 0 Å². The second kappa shape index (κ2) is 5.44. The normalized spacial score (nSPS) is 23.7. The van der Waals surface area contributed by atoms with E-state index >= 15 is 0 Å². The average molecular weight is 254 g/mol. The van der Waals surface area contributed by atoms with Gasteiger partial charge in [0, 0.05) is 17.6 Å². The number of carbonyl (C=O) groups is 1. The number of carbonyl (C=O) groups excluding carboxylic acids is 1. The molecule has 3 N–H and O–H groups in total. The summed E-state index contributed by atoms with van der Waals surface area (Å²) in [5, 5.41) is 2.78. The molecule has 5 heteroatoms. The summed E-state index contributed by atoms with van der Waals surface area (Å²) < 4.78 is 25.8. The molecule has 0 aromatic heterocycles. The molecule has 0 aliphatic heterocycles. The van der Waals surface area contributed by atoms with Crippen LogP contribution in [0.3, 0.4) is 0 Å². The summed E-state index contributed by atoms with van der Waals surface area (Å²) in [6, 6.07) is 2.97. The van der Waals surface area contributed by atoms with Crippen molar-refractivity contribution in [3.05, 3.63) is 35.4 Å². The lowest BCUT2D eigenvalue weighted by Crippen LogP contribution is -2.49. The number of rotatable bonds is 2. The Kier molecular flexibility index (Phi) is 3.91. The molecule has 0 saturated heterocycles. The molecule has 1 amide bonds. The molecular formula is C13H16F2N2O. The molecule has 1 fully saturated rings. The summed E-state index contributed by atoms with van der Waals surface area (Å²) in [4.78, 5) is 11.9. The third-order valence-corrected chi connectivity index (χ3v) is 3.32. The zero-order valence-electron chi connectivity index (χ0n) is 9.96. The first-order valence-electron chi connectivity index (χ1n) is 6.09. The zero-order chi connectivity index (χ0) is 13.1. The molecule has 0 unspecified atom stereocenters. The van der Waals surface area contributed by atoms with E-state index in [9.17, 15) is 13.6 Å². The van der Waals surface area contributed by atoms with Crippen molar-refractivity contribution in [2.24, 2.45) is 5.73 Å². The number of halogens is 2. The molecule has 0 radical (unpaired) electrons. The monoisotopic (exact) mass is 254 g/mol. The number of nitrogens with two attached hydrogens (primary N) is 1. The topological polar surface area (TPSA) is 55.1 Å². The third kappa shape index (κ3) is 2.85. The van der Waals surface area contributed by atoms with Gasteiger partial charge < -0.3 is 11.1 Å². The molecule has 3 nitrogen and oxygen atoms in total. The molecule has 1 aliphatic rings. The fourth-order valence-corrected chi connectivity index (χ4v) is 2.23. The second-order valence-electron chi connectivity index (χ2n) is 4.66. The van der Waals surface area contributed by atoms with Gasteiger partial charge in [0.2, 0.25) is 0 Å². The minimum atomic E-state index is -1.02. The Hall–Kier alpha value is -1.49. The van der Waals surface area contributed by atoms with Crippen LogP contribution in [-0.4, -0.2) is 18.0 Å². The molecule has 2 atom stereocenters. The maximum atomic E-state index is 13.0. The van der Waals surface area contributed by atoms with Crippen LogP contribution >= 0.6 is 0 Å². The van der Waals surface area contributed by atoms with E-state index in [0.29, 0.717) is 0 Å². The van der Waals surface area contributed by atoms with Gasteiger partial charge in [-0.1, -0.05) is 12.8 Å². The minimum absolute atomic E-state index is 0.0620. The quantitative estimate of drug-likeness (QED) is 0.847. The van der Waals surface area contributed by atoms with E-state index in [1.807, 2.05) is 0 Å². The van der Waals surface area contributed by atoms with E-state index in [1.54, 1.807) is 0 Å². The summed E-state index contributed by atoms with van der Waals surface area (Å²) in [6.07, 6.45) is 3.80. The summed E-state index contributed by atoms with van der Waals surface area (Å²) in [5.74, 6) is -2.38. The van der Waals surface area contributed by atoms with Gasteiger partial charge in [0.15, 0.2) is 11.6 Å². The van der Waals surface area contributed by atoms with E-state index in [2.05, 4.69) is 5.32 Å². The summed E-state index contributed by atoms with van der Waals surface area (Å²) in [7, 11) is 0. The molecule has 1 aromatic carbocycles. The van der Waals surface area contributed by atoms with Gasteiger partial charge in [-0.05, 0) is 31.0 Å². The van der Waals surface area contributed by atoms with Gasteiger partial charge in [-0.25, -0.2) is 8.78 Å². The molecule has 2 rings (SSSR count). The highest BCUT2D eigenvalue weighted by Crippen LogP contribution is 2.17. The zero-order valence-corrected chi connectivity index (χ0v) is 9.96. The van der Waals surface area contributed by atoms with Crippen molar-refractivity contribution < 1.29 is 13.6 Å². The van der Waals surface area contributed by atoms with Crippen molar-refractivity contribution in [3.63, 3.8) is 0 Å². The highest BCUT2D eigenvalue weighted by Gasteiger charge is 2.23. The van der Waals surface area contributed by atoms with Crippen LogP contribution in [-0.2, 0) is 0 Å². The average Bonchev–Trinajstić information content (AvgIpc) is 2.35. The first kappa shape index (κ1) is 13.0. The first-order valence-corrected chi connectivity index (χ1v) is 6.09. The molecule has 1 aromatic rings. The number of hydrogen-bond acceptors (Lipinski definition) is 2. The lowest BCUT2D eigenvalue weighted by Gasteiger charge is -2.29. The van der Waals surface area contributed by atoms with E-state index in [-0.39, 0.29) is 17.6 Å². The molecule has 1 saturated carbocycles. The lowest BCUT2D eigenvalue weighted by molar-refractivity contribution is 0.0920. The highest BCUT2D eigenvalue weighted by atomic mass is 19.2. The first-order chi connectivity index (χ1) is 8.58. The lowest BCUT2D eigenvalue weighted by atomic mass is 9.91. The van der Waals surface area contributed by atoms with Crippen LogP contribution in [0, 0.1) is 11.6 Å². The van der Waals surface area contributed by atoms with Crippen LogP contribution in [0.15, 0.2) is 18.2 Å². The van der Waals surface area contributed by atoms with Gasteiger partial charge in [0.25, 0.3) is 5.91 Å². The van der Waals surface area contributed by atoms with Crippen LogP contribution in [0.5, 0.6) is 0 Å². The van der Waals surface area contributed by atoms with Crippen LogP contribution in [0.1, 0.15) is 36.0 Å². The Bertz CT molecular complexity index is 451. The summed E-state index contributed by atoms with van der Waals surface area (Å²) >= 11 is 0. The fourth-order valence-electron chi connectivity index (χ4n) is 2.23. The van der Waals surface area contributed by atoms with Crippen molar-refractivity contribution in [3.8, 4) is 0 Å². The maximum absolute atomic E-state index is 13.0. The van der Waals surface area contributed by atoms with Crippen LogP contribution in [0.25, 0.3) is 0 Å². The number of benzene rings is 1. The molecular weight excluding hydrogens is 238 g/mol. The van der Waals surface area contributed by atoms with E-state index in [0.717, 1.165) is 37.8 Å². The molecule has 18 heavy (non-hydrogen) atoms. The van der Waals surface area contributed by atoms with Crippen LogP contribution in [0.2, 0.25) is 0 Å². The van der Waals surface area contributed by atoms with Crippen molar-refractivity contribution in [2.45, 2.75) is 37.8 Å². The van der Waals surface area contributed by atoms with Crippen molar-refractivity contribution in [1.29, 1.82) is 0 Å². The number of amides is 1. The van der Waals surface area contributed by atoms with Gasteiger partial charge in [-0.2, -0.15) is 0 Å². The highest BCUT2D eigenvalue weighted by molar-refractivity contribution is 5.94. The largest absolute Gasteiger partial charge is 0.348 e. The Labute approximate surface area is 104 Å². The smallest absolute Gasteiger partial charge is 0.251 e. The van der Waals surface area contributed by atoms with Gasteiger partial charge in [0.1, 0.15) is 0 Å². The standard InChI is InChI=1S/C13H16F2N2O/c14-9-6-5-8(7-10(9)15)13(18)17-12-4-2-1-3-11(12)16/h5-7,11-12H,1-4,16H2,(H,17,18)/t11-,12-/m1/s1. The third-order valence-electron chi connectivity index (χ3n) is 3.32. The second-order valence-corrected chi connectivity index (χ2v) is 4.66. The Morgan fingerprint density at radius 1 is 1.22 bits per heavy atom. The number of hydrogen-bond donors (Lipinski definition) is 2. The Balaban J connectivity index is 2.04. The fraction of sp³-hybridized carbons (Fsp3) is 0.462. The van der Waals surface area contributed by atoms with Crippen molar-refractivity contribution in [2.75, 3.05) is 0 Å². The molecule has 1 aliphatic carbocycles. The Morgan fingerprint density at radius 3 is 2.61 bits per heavy atom. The minimum Gasteiger partial charge on any atom is -0.348 e. The van der Waals surface area contributed by atoms with Crippen LogP contribution in [0.4, 0.5) is 8.78 Å². The summed E-state index contributed by atoms with van der Waals surface area (Å²) in [6.45, 7) is 0. The molecule has 0 spiro atoms. The van der Waals surface area contributed by atoms with Gasteiger partial charge in [-0.3, -0.25) is 4.79 Å². The Morgan fingerprint density at radius 2 is 1.94 bits per heavy atom. The predicted octanol–water partition coefficient (Wildman–Crippen LogP) is 1.96. The SMILES string of the molecule is N[C@@H]1CCCC[C@H]1NC(=O)c1ccc(F)c(F)c1. The molecule has 0 heterocycles. The van der Waals surface area contributed by atoms with Gasteiger partial charge >= 0.3 is 0 Å². The van der Waals surface area contributed by atoms with E-state index in [1.165, 1.54) is 6.07 Å². The van der Waals surface area contributed by atoms with Crippen molar-refractivity contribution in [1.82, 2.24) is 5.32 Å². The summed E-state index contributed by atoms with van der Waals surface area (Å²) in [5.41, 5.74) is 6.03. The predicted molar refractivity (Wildman–Crippen MR) is 64.1 cm³/mol. The molecule has 98 valence electrons. The van der Waals surface area contributed by atoms with Gasteiger partial charge in [-0.15, -0.1) is 0 Å². The van der Waals surface area contributed by atoms with E-state index < -0.39 is 17.5 Å². The maximum Gasteiger partial charge on any atom is 0.251 e. The van der Waals surface area contributed by atoms with E-state index in [4.69, 9.17) is 5.73 Å². The number of nitrogens with one attached hydrogen (secondary N) is 1. The molecule has 0 bridgehead atoms. The van der Waals surface area contributed by atoms with Crippen LogP contribution < -0.4 is 11.1 Å².